The Morgan fingerprint density at radius 2 is 2.19 bits per heavy atom. The van der Waals surface area contributed by atoms with Gasteiger partial charge in [-0.3, -0.25) is 0 Å². The maximum atomic E-state index is 12.5. The number of sulfonamides is 1. The van der Waals surface area contributed by atoms with Gasteiger partial charge in [-0.05, 0) is 32.1 Å². The van der Waals surface area contributed by atoms with E-state index in [9.17, 15) is 8.42 Å². The summed E-state index contributed by atoms with van der Waals surface area (Å²) >= 11 is 0. The number of hydrogen-bond acceptors (Lipinski definition) is 4. The third-order valence-electron chi connectivity index (χ3n) is 4.88. The molecular formula is C15H25NO4S. The molecule has 0 N–H and O–H groups in total. The molecule has 0 spiro atoms. The molecule has 0 aromatic heterocycles. The second-order valence-corrected chi connectivity index (χ2v) is 8.71. The maximum Gasteiger partial charge on any atom is 0.217 e. The van der Waals surface area contributed by atoms with Gasteiger partial charge in [0.2, 0.25) is 10.0 Å². The molecule has 21 heavy (non-hydrogen) atoms. The summed E-state index contributed by atoms with van der Waals surface area (Å²) in [6.07, 6.45) is 6.23. The second-order valence-electron chi connectivity index (χ2n) is 6.50. The monoisotopic (exact) mass is 315 g/mol. The quantitative estimate of drug-likeness (QED) is 0.551. The van der Waals surface area contributed by atoms with Crippen LogP contribution in [-0.4, -0.2) is 57.0 Å². The van der Waals surface area contributed by atoms with Gasteiger partial charge in [0.05, 0.1) is 24.6 Å². The van der Waals surface area contributed by atoms with Crippen molar-refractivity contribution in [3.63, 3.8) is 0 Å². The van der Waals surface area contributed by atoms with Gasteiger partial charge in [-0.1, -0.05) is 6.08 Å². The summed E-state index contributed by atoms with van der Waals surface area (Å²) in [5.74, 6) is 0. The van der Waals surface area contributed by atoms with Gasteiger partial charge in [0.15, 0.2) is 0 Å². The van der Waals surface area contributed by atoms with Crippen molar-refractivity contribution in [2.24, 2.45) is 5.41 Å². The van der Waals surface area contributed by atoms with Crippen molar-refractivity contribution in [2.45, 2.75) is 43.5 Å². The lowest BCUT2D eigenvalue weighted by atomic mass is 9.73. The van der Waals surface area contributed by atoms with E-state index in [1.165, 1.54) is 0 Å². The Hall–Kier alpha value is -0.430. The van der Waals surface area contributed by atoms with Crippen LogP contribution in [0.25, 0.3) is 0 Å². The van der Waals surface area contributed by atoms with Crippen LogP contribution in [0.1, 0.15) is 32.1 Å². The van der Waals surface area contributed by atoms with Crippen molar-refractivity contribution in [1.29, 1.82) is 0 Å². The predicted octanol–water partition coefficient (Wildman–Crippen LogP) is 1.55. The van der Waals surface area contributed by atoms with Crippen LogP contribution in [0.2, 0.25) is 0 Å². The maximum absolute atomic E-state index is 12.5. The molecule has 0 aromatic rings. The Balaban J connectivity index is 1.75. The van der Waals surface area contributed by atoms with Crippen LogP contribution in [0.4, 0.5) is 0 Å². The predicted molar refractivity (Wildman–Crippen MR) is 80.6 cm³/mol. The minimum absolute atomic E-state index is 0.127. The zero-order chi connectivity index (χ0) is 14.9. The number of ether oxygens (including phenoxy) is 2. The van der Waals surface area contributed by atoms with Gasteiger partial charge in [-0.15, -0.1) is 6.58 Å². The Morgan fingerprint density at radius 1 is 1.38 bits per heavy atom. The fourth-order valence-corrected chi connectivity index (χ4v) is 5.55. The molecule has 2 atom stereocenters. The van der Waals surface area contributed by atoms with Crippen molar-refractivity contribution in [2.75, 3.05) is 32.9 Å². The molecule has 0 aromatic carbocycles. The summed E-state index contributed by atoms with van der Waals surface area (Å²) in [5, 5.41) is -0.135. The Morgan fingerprint density at radius 3 is 2.90 bits per heavy atom. The van der Waals surface area contributed by atoms with Crippen LogP contribution in [0.5, 0.6) is 0 Å². The van der Waals surface area contributed by atoms with Gasteiger partial charge < -0.3 is 9.47 Å². The summed E-state index contributed by atoms with van der Waals surface area (Å²) in [6.45, 7) is 6.65. The van der Waals surface area contributed by atoms with E-state index in [4.69, 9.17) is 9.47 Å². The lowest BCUT2D eigenvalue weighted by Gasteiger charge is -2.49. The SMILES string of the molecule is C=CCOC[C@]12CCCO[C@H]1CCN(S(=O)(=O)C1CC1)C2. The van der Waals surface area contributed by atoms with Crippen LogP contribution in [0.15, 0.2) is 12.7 Å². The van der Waals surface area contributed by atoms with Gasteiger partial charge >= 0.3 is 0 Å². The topological polar surface area (TPSA) is 55.8 Å². The average Bonchev–Trinajstić information content (AvgIpc) is 3.32. The number of rotatable bonds is 6. The van der Waals surface area contributed by atoms with Crippen molar-refractivity contribution in [3.8, 4) is 0 Å². The molecule has 3 rings (SSSR count). The Bertz CT molecular complexity index is 488. The van der Waals surface area contributed by atoms with Gasteiger partial charge in [0.1, 0.15) is 0 Å². The summed E-state index contributed by atoms with van der Waals surface area (Å²) in [5.41, 5.74) is -0.179. The van der Waals surface area contributed by atoms with Gasteiger partial charge in [0, 0.05) is 25.1 Å². The molecule has 0 amide bonds. The van der Waals surface area contributed by atoms with Crippen molar-refractivity contribution < 1.29 is 17.9 Å². The van der Waals surface area contributed by atoms with E-state index < -0.39 is 10.0 Å². The van der Waals surface area contributed by atoms with Crippen molar-refractivity contribution in [1.82, 2.24) is 4.31 Å². The van der Waals surface area contributed by atoms with E-state index in [0.29, 0.717) is 26.3 Å². The zero-order valence-electron chi connectivity index (χ0n) is 12.5. The molecular weight excluding hydrogens is 290 g/mol. The van der Waals surface area contributed by atoms with Gasteiger partial charge in [-0.2, -0.15) is 0 Å². The summed E-state index contributed by atoms with van der Waals surface area (Å²) in [4.78, 5) is 0. The van der Waals surface area contributed by atoms with E-state index in [0.717, 1.165) is 38.7 Å². The summed E-state index contributed by atoms with van der Waals surface area (Å²) in [7, 11) is -3.11. The number of piperidine rings is 1. The van der Waals surface area contributed by atoms with E-state index in [-0.39, 0.29) is 16.8 Å². The zero-order valence-corrected chi connectivity index (χ0v) is 13.3. The average molecular weight is 315 g/mol. The van der Waals surface area contributed by atoms with Crippen LogP contribution in [-0.2, 0) is 19.5 Å². The normalized spacial score (nSPS) is 34.4. The third kappa shape index (κ3) is 3.04. The molecule has 0 unspecified atom stereocenters. The van der Waals surface area contributed by atoms with Crippen LogP contribution >= 0.6 is 0 Å². The number of hydrogen-bond donors (Lipinski definition) is 0. The molecule has 2 aliphatic heterocycles. The van der Waals surface area contributed by atoms with Crippen molar-refractivity contribution in [3.05, 3.63) is 12.7 Å². The standard InChI is InChI=1S/C15H25NO4S/c1-2-9-19-12-15-7-3-10-20-14(15)6-8-16(11-15)21(17,18)13-4-5-13/h2,13-14H,1,3-12H2/t14-,15+/m0/s1. The molecule has 1 saturated carbocycles. The first-order chi connectivity index (χ1) is 10.1. The first-order valence-electron chi connectivity index (χ1n) is 7.88. The van der Waals surface area contributed by atoms with Crippen molar-refractivity contribution >= 4 is 10.0 Å². The first-order valence-corrected chi connectivity index (χ1v) is 9.38. The fraction of sp³-hybridized carbons (Fsp3) is 0.867. The summed E-state index contributed by atoms with van der Waals surface area (Å²) in [6, 6.07) is 0. The van der Waals surface area contributed by atoms with E-state index >= 15 is 0 Å². The highest BCUT2D eigenvalue weighted by Crippen LogP contribution is 2.43. The van der Waals surface area contributed by atoms with Gasteiger partial charge in [-0.25, -0.2) is 12.7 Å². The third-order valence-corrected chi connectivity index (χ3v) is 7.23. The molecule has 0 radical (unpaired) electrons. The Kier molecular flexibility index (Phi) is 4.41. The molecule has 1 aliphatic carbocycles. The first kappa shape index (κ1) is 15.5. The van der Waals surface area contributed by atoms with Gasteiger partial charge in [0.25, 0.3) is 0 Å². The highest BCUT2D eigenvalue weighted by atomic mass is 32.2. The van der Waals surface area contributed by atoms with E-state index in [2.05, 4.69) is 6.58 Å². The smallest absolute Gasteiger partial charge is 0.217 e. The number of nitrogens with zero attached hydrogens (tertiary/aromatic N) is 1. The van der Waals surface area contributed by atoms with E-state index in [1.807, 2.05) is 0 Å². The highest BCUT2D eigenvalue weighted by molar-refractivity contribution is 7.90. The van der Waals surface area contributed by atoms with Crippen LogP contribution < -0.4 is 0 Å². The van der Waals surface area contributed by atoms with Crippen LogP contribution in [0, 0.1) is 5.41 Å². The van der Waals surface area contributed by atoms with E-state index in [1.54, 1.807) is 10.4 Å². The molecule has 120 valence electrons. The molecule has 3 aliphatic rings. The molecule has 2 saturated heterocycles. The highest BCUT2D eigenvalue weighted by Gasteiger charge is 2.51. The number of fused-ring (bicyclic) bond motifs is 1. The minimum Gasteiger partial charge on any atom is -0.377 e. The minimum atomic E-state index is -3.11. The molecule has 2 heterocycles. The molecule has 5 nitrogen and oxygen atoms in total. The van der Waals surface area contributed by atoms with Crippen LogP contribution in [0.3, 0.4) is 0 Å². The lowest BCUT2D eigenvalue weighted by Crippen LogP contribution is -2.58. The molecule has 6 heteroatoms. The Labute approximate surface area is 127 Å². The largest absolute Gasteiger partial charge is 0.377 e. The molecule has 0 bridgehead atoms. The second kappa shape index (κ2) is 5.99. The summed E-state index contributed by atoms with van der Waals surface area (Å²) < 4.78 is 38.4. The molecule has 3 fully saturated rings. The lowest BCUT2D eigenvalue weighted by molar-refractivity contribution is -0.140. The fourth-order valence-electron chi connectivity index (χ4n) is 3.60.